The first-order chi connectivity index (χ1) is 10.1. The fraction of sp³-hybridized carbons (Fsp3) is 0.429. The lowest BCUT2D eigenvalue weighted by molar-refractivity contribution is 0.316. The molecule has 1 aromatic rings. The first kappa shape index (κ1) is 16.2. The van der Waals surface area contributed by atoms with Gasteiger partial charge in [0.1, 0.15) is 41.0 Å². The van der Waals surface area contributed by atoms with Crippen LogP contribution in [0.1, 0.15) is 30.5 Å². The lowest BCUT2D eigenvalue weighted by Crippen LogP contribution is -2.29. The summed E-state index contributed by atoms with van der Waals surface area (Å²) in [5, 5.41) is 30.3. The van der Waals surface area contributed by atoms with Gasteiger partial charge >= 0.3 is 0 Å². The first-order valence-corrected chi connectivity index (χ1v) is 6.62. The van der Waals surface area contributed by atoms with Gasteiger partial charge < -0.3 is 16.0 Å². The molecule has 0 saturated carbocycles. The summed E-state index contributed by atoms with van der Waals surface area (Å²) in [6.45, 7) is 7.33. The highest BCUT2D eigenvalue weighted by Gasteiger charge is 2.18. The summed E-state index contributed by atoms with van der Waals surface area (Å²) in [4.78, 5) is 6.23. The van der Waals surface area contributed by atoms with Gasteiger partial charge in [-0.25, -0.2) is 4.98 Å². The zero-order chi connectivity index (χ0) is 15.8. The summed E-state index contributed by atoms with van der Waals surface area (Å²) in [6.07, 6.45) is 0. The van der Waals surface area contributed by atoms with E-state index in [0.29, 0.717) is 6.54 Å². The molecule has 0 bridgehead atoms. The van der Waals surface area contributed by atoms with E-state index in [2.05, 4.69) is 29.0 Å². The number of nitrogen functional groups attached to an aromatic ring is 1. The number of hydrogen-bond donors (Lipinski definition) is 2. The van der Waals surface area contributed by atoms with E-state index in [-0.39, 0.29) is 28.3 Å². The Morgan fingerprint density at radius 1 is 1.05 bits per heavy atom. The monoisotopic (exact) mass is 283 g/mol. The molecule has 0 aliphatic rings. The van der Waals surface area contributed by atoms with E-state index in [1.54, 1.807) is 0 Å². The number of anilines is 2. The van der Waals surface area contributed by atoms with E-state index in [1.807, 2.05) is 18.2 Å². The highest BCUT2D eigenvalue weighted by molar-refractivity contribution is 5.70. The van der Waals surface area contributed by atoms with Crippen molar-refractivity contribution < 1.29 is 0 Å². The number of nitriles is 3. The molecule has 0 fully saturated rings. The fourth-order valence-corrected chi connectivity index (χ4v) is 1.94. The number of aromatic nitrogens is 1. The third-order valence-corrected chi connectivity index (χ3v) is 3.18. The molecule has 108 valence electrons. The van der Waals surface area contributed by atoms with Crippen molar-refractivity contribution in [2.24, 2.45) is 0 Å². The molecular weight excluding hydrogens is 266 g/mol. The summed E-state index contributed by atoms with van der Waals surface area (Å²) < 4.78 is 0. The van der Waals surface area contributed by atoms with Crippen molar-refractivity contribution in [3.63, 3.8) is 0 Å². The third kappa shape index (κ3) is 3.60. The average molecular weight is 283 g/mol. The van der Waals surface area contributed by atoms with Crippen LogP contribution in [-0.4, -0.2) is 36.1 Å². The summed E-state index contributed by atoms with van der Waals surface area (Å²) >= 11 is 0. The Balaban J connectivity index is 3.05. The average Bonchev–Trinajstić information content (AvgIpc) is 2.50. The van der Waals surface area contributed by atoms with Gasteiger partial charge in [-0.2, -0.15) is 15.8 Å². The van der Waals surface area contributed by atoms with E-state index in [1.165, 1.54) is 0 Å². The second kappa shape index (κ2) is 7.69. The largest absolute Gasteiger partial charge is 0.382 e. The molecule has 0 aliphatic carbocycles. The van der Waals surface area contributed by atoms with Crippen LogP contribution in [0.2, 0.25) is 0 Å². The maximum absolute atomic E-state index is 9.20. The number of hydrogen-bond acceptors (Lipinski definition) is 7. The highest BCUT2D eigenvalue weighted by Crippen LogP contribution is 2.23. The van der Waals surface area contributed by atoms with E-state index >= 15 is 0 Å². The molecule has 0 unspecified atom stereocenters. The molecule has 0 spiro atoms. The topological polar surface area (TPSA) is 126 Å². The van der Waals surface area contributed by atoms with E-state index in [9.17, 15) is 5.26 Å². The van der Waals surface area contributed by atoms with Crippen LogP contribution in [0.5, 0.6) is 0 Å². The number of rotatable bonds is 6. The third-order valence-electron chi connectivity index (χ3n) is 3.18. The smallest absolute Gasteiger partial charge is 0.147 e. The molecule has 1 aromatic heterocycles. The number of nitrogens with one attached hydrogen (secondary N) is 1. The van der Waals surface area contributed by atoms with Crippen molar-refractivity contribution in [3.8, 4) is 18.2 Å². The van der Waals surface area contributed by atoms with Gasteiger partial charge in [-0.15, -0.1) is 0 Å². The zero-order valence-corrected chi connectivity index (χ0v) is 12.1. The van der Waals surface area contributed by atoms with Crippen LogP contribution in [0.4, 0.5) is 11.6 Å². The Morgan fingerprint density at radius 2 is 1.62 bits per heavy atom. The Kier molecular flexibility index (Phi) is 5.95. The lowest BCUT2D eigenvalue weighted by Gasteiger charge is -2.18. The van der Waals surface area contributed by atoms with Crippen molar-refractivity contribution in [1.82, 2.24) is 9.88 Å². The summed E-state index contributed by atoms with van der Waals surface area (Å²) in [6, 6.07) is 5.58. The maximum atomic E-state index is 9.20. The molecule has 7 heteroatoms. The number of nitrogens with two attached hydrogens (primary N) is 1. The minimum atomic E-state index is -0.0525. The molecule has 21 heavy (non-hydrogen) atoms. The maximum Gasteiger partial charge on any atom is 0.147 e. The van der Waals surface area contributed by atoms with Crippen LogP contribution < -0.4 is 11.1 Å². The standard InChI is InChI=1S/C14H17N7/c1-3-21(4-2)6-5-19-14-12(9-17)10(7-15)11(8-16)13(18)20-14/h3-6H2,1-2H3,(H3,18,19,20). The molecule has 0 aromatic carbocycles. The quantitative estimate of drug-likeness (QED) is 0.798. The van der Waals surface area contributed by atoms with Crippen LogP contribution >= 0.6 is 0 Å². The molecule has 1 rings (SSSR count). The second-order valence-corrected chi connectivity index (χ2v) is 4.26. The molecule has 0 atom stereocenters. The van der Waals surface area contributed by atoms with Crippen molar-refractivity contribution in [1.29, 1.82) is 15.8 Å². The number of pyridine rings is 1. The van der Waals surface area contributed by atoms with Gasteiger partial charge in [0.25, 0.3) is 0 Å². The SMILES string of the molecule is CCN(CC)CCNc1nc(N)c(C#N)c(C#N)c1C#N. The number of nitrogens with zero attached hydrogens (tertiary/aromatic N) is 5. The fourth-order valence-electron chi connectivity index (χ4n) is 1.94. The highest BCUT2D eigenvalue weighted by atomic mass is 15.1. The van der Waals surface area contributed by atoms with Crippen LogP contribution in [-0.2, 0) is 0 Å². The minimum absolute atomic E-state index is 0.0298. The van der Waals surface area contributed by atoms with Crippen molar-refractivity contribution in [2.75, 3.05) is 37.2 Å². The first-order valence-electron chi connectivity index (χ1n) is 6.62. The summed E-state index contributed by atoms with van der Waals surface area (Å²) in [5.41, 5.74) is 5.65. The van der Waals surface area contributed by atoms with Crippen LogP contribution in [0.15, 0.2) is 0 Å². The van der Waals surface area contributed by atoms with Gasteiger partial charge in [0, 0.05) is 13.1 Å². The van der Waals surface area contributed by atoms with Crippen LogP contribution in [0.25, 0.3) is 0 Å². The Morgan fingerprint density at radius 3 is 2.10 bits per heavy atom. The molecule has 1 heterocycles. The summed E-state index contributed by atoms with van der Waals surface area (Å²) in [5.74, 6) is 0.205. The van der Waals surface area contributed by atoms with Crippen LogP contribution in [0.3, 0.4) is 0 Å². The zero-order valence-electron chi connectivity index (χ0n) is 12.1. The van der Waals surface area contributed by atoms with Gasteiger partial charge in [0.2, 0.25) is 0 Å². The van der Waals surface area contributed by atoms with Crippen molar-refractivity contribution in [3.05, 3.63) is 16.7 Å². The van der Waals surface area contributed by atoms with Gasteiger partial charge in [-0.05, 0) is 13.1 Å². The van der Waals surface area contributed by atoms with Gasteiger partial charge in [0.05, 0.1) is 5.56 Å². The van der Waals surface area contributed by atoms with E-state index in [4.69, 9.17) is 16.3 Å². The van der Waals surface area contributed by atoms with Gasteiger partial charge in [0.15, 0.2) is 0 Å². The predicted octanol–water partition coefficient (Wildman–Crippen LogP) is 1.03. The molecule has 0 amide bonds. The van der Waals surface area contributed by atoms with E-state index in [0.717, 1.165) is 19.6 Å². The number of likely N-dealkylation sites (N-methyl/N-ethyl adjacent to an activating group) is 1. The Bertz CT molecular complexity index is 627. The lowest BCUT2D eigenvalue weighted by atomic mass is 10.1. The van der Waals surface area contributed by atoms with E-state index < -0.39 is 0 Å². The Hall–Kier alpha value is -2.82. The van der Waals surface area contributed by atoms with Gasteiger partial charge in [-0.3, -0.25) is 0 Å². The predicted molar refractivity (Wildman–Crippen MR) is 79.1 cm³/mol. The van der Waals surface area contributed by atoms with Crippen LogP contribution in [0, 0.1) is 34.0 Å². The second-order valence-electron chi connectivity index (χ2n) is 4.26. The summed E-state index contributed by atoms with van der Waals surface area (Å²) in [7, 11) is 0. The normalized spacial score (nSPS) is 9.71. The molecule has 0 radical (unpaired) electrons. The van der Waals surface area contributed by atoms with Crippen molar-refractivity contribution in [2.45, 2.75) is 13.8 Å². The van der Waals surface area contributed by atoms with Gasteiger partial charge in [-0.1, -0.05) is 13.8 Å². The van der Waals surface area contributed by atoms with Crippen molar-refractivity contribution >= 4 is 11.6 Å². The molecule has 3 N–H and O–H groups in total. The molecular formula is C14H17N7. The molecule has 0 saturated heterocycles. The minimum Gasteiger partial charge on any atom is -0.382 e. The molecule has 7 nitrogen and oxygen atoms in total. The Labute approximate surface area is 124 Å². The molecule has 0 aliphatic heterocycles.